The Hall–Kier alpha value is -2.15. The van der Waals surface area contributed by atoms with Gasteiger partial charge in [-0.2, -0.15) is 0 Å². The minimum atomic E-state index is -0.402. The Bertz CT molecular complexity index is 1090. The minimum Gasteiger partial charge on any atom is -0.361 e. The molecule has 4 nitrogen and oxygen atoms in total. The molecule has 0 saturated carbocycles. The van der Waals surface area contributed by atoms with Crippen LogP contribution in [0.5, 0.6) is 0 Å². The zero-order valence-electron chi connectivity index (χ0n) is 18.0. The Morgan fingerprint density at radius 2 is 1.88 bits per heavy atom. The van der Waals surface area contributed by atoms with Gasteiger partial charge in [0.2, 0.25) is 0 Å². The van der Waals surface area contributed by atoms with Gasteiger partial charge in [-0.3, -0.25) is 0 Å². The van der Waals surface area contributed by atoms with E-state index >= 15 is 0 Å². The molecule has 1 aromatic heterocycles. The van der Waals surface area contributed by atoms with E-state index in [1.165, 1.54) is 74.7 Å². The summed E-state index contributed by atoms with van der Waals surface area (Å²) >= 11 is 11.4. The summed E-state index contributed by atoms with van der Waals surface area (Å²) in [5, 5.41) is 8.21. The van der Waals surface area contributed by atoms with Crippen molar-refractivity contribution < 1.29 is 4.39 Å². The van der Waals surface area contributed by atoms with Crippen molar-refractivity contribution in [1.82, 2.24) is 9.88 Å². The number of hydrogen-bond acceptors (Lipinski definition) is 2. The van der Waals surface area contributed by atoms with Crippen LogP contribution in [0.2, 0.25) is 5.02 Å². The second kappa shape index (κ2) is 9.38. The third-order valence-electron chi connectivity index (χ3n) is 6.89. The highest BCUT2D eigenvalue weighted by Crippen LogP contribution is 2.37. The van der Waals surface area contributed by atoms with Crippen LogP contribution in [-0.4, -0.2) is 34.1 Å². The van der Waals surface area contributed by atoms with E-state index in [0.29, 0.717) is 21.7 Å². The van der Waals surface area contributed by atoms with Gasteiger partial charge in [-0.1, -0.05) is 18.0 Å². The van der Waals surface area contributed by atoms with Crippen molar-refractivity contribution in [3.63, 3.8) is 0 Å². The van der Waals surface area contributed by atoms with Crippen LogP contribution in [0, 0.1) is 5.82 Å². The monoisotopic (exact) mass is 470 g/mol. The number of benzene rings is 2. The van der Waals surface area contributed by atoms with E-state index in [0.717, 1.165) is 17.2 Å². The summed E-state index contributed by atoms with van der Waals surface area (Å²) < 4.78 is 13.6. The Morgan fingerprint density at radius 3 is 2.75 bits per heavy atom. The van der Waals surface area contributed by atoms with E-state index in [2.05, 4.69) is 38.8 Å². The number of nitrogens with zero attached hydrogens (tertiary/aromatic N) is 1. The second-order valence-corrected chi connectivity index (χ2v) is 9.83. The fourth-order valence-corrected chi connectivity index (χ4v) is 5.79. The van der Waals surface area contributed by atoms with Crippen LogP contribution in [0.4, 0.5) is 15.8 Å². The molecule has 2 unspecified atom stereocenters. The predicted molar refractivity (Wildman–Crippen MR) is 135 cm³/mol. The zero-order valence-corrected chi connectivity index (χ0v) is 19.5. The minimum absolute atomic E-state index is 0.327. The summed E-state index contributed by atoms with van der Waals surface area (Å²) in [6.45, 7) is 2.46. The Kier molecular flexibility index (Phi) is 6.35. The molecule has 3 heterocycles. The average molecular weight is 471 g/mol. The van der Waals surface area contributed by atoms with Gasteiger partial charge in [0.05, 0.1) is 0 Å². The molecule has 2 aliphatic heterocycles. The number of nitrogens with one attached hydrogen (secondary N) is 3. The Labute approximate surface area is 198 Å². The molecule has 5 rings (SSSR count). The second-order valence-electron chi connectivity index (χ2n) is 8.99. The summed E-state index contributed by atoms with van der Waals surface area (Å²) in [6, 6.07) is 11.3. The standard InChI is InChI=1S/C25H28ClFN4S/c26-17-11-18(27)13-20(12-17)30-25(32)29-19-5-7-24-22(14-19)23(15-28-24)16-4-6-21-3-1-2-9-31(21)10-8-16/h5,7,11-16,21,28H,1-4,6,8-10H2,(H2,29,30,32). The van der Waals surface area contributed by atoms with Crippen LogP contribution in [0.25, 0.3) is 10.9 Å². The van der Waals surface area contributed by atoms with Gasteiger partial charge in [0, 0.05) is 39.5 Å². The van der Waals surface area contributed by atoms with E-state index < -0.39 is 5.82 Å². The van der Waals surface area contributed by atoms with E-state index in [-0.39, 0.29) is 0 Å². The molecule has 0 bridgehead atoms. The number of rotatable bonds is 3. The van der Waals surface area contributed by atoms with E-state index in [1.807, 2.05) is 6.07 Å². The van der Waals surface area contributed by atoms with Crippen molar-refractivity contribution in [2.75, 3.05) is 23.7 Å². The number of aromatic nitrogens is 1. The van der Waals surface area contributed by atoms with E-state index in [1.54, 1.807) is 6.07 Å². The molecular formula is C25H28ClFN4S. The first kappa shape index (κ1) is 21.7. The zero-order chi connectivity index (χ0) is 22.1. The summed E-state index contributed by atoms with van der Waals surface area (Å²) in [5.74, 6) is 0.171. The van der Waals surface area contributed by atoms with Crippen molar-refractivity contribution >= 4 is 51.2 Å². The van der Waals surface area contributed by atoms with E-state index in [9.17, 15) is 4.39 Å². The number of hydrogen-bond donors (Lipinski definition) is 3. The predicted octanol–water partition coefficient (Wildman–Crippen LogP) is 6.89. The lowest BCUT2D eigenvalue weighted by Crippen LogP contribution is -2.38. The van der Waals surface area contributed by atoms with Crippen LogP contribution >= 0.6 is 23.8 Å². The third kappa shape index (κ3) is 4.77. The van der Waals surface area contributed by atoms with Gasteiger partial charge < -0.3 is 20.5 Å². The molecule has 0 spiro atoms. The number of anilines is 2. The SMILES string of the molecule is Fc1cc(Cl)cc(NC(=S)Nc2ccc3[nH]cc(C4CCC5CCCCN5CC4)c3c2)c1. The molecule has 168 valence electrons. The molecule has 2 aromatic carbocycles. The number of aromatic amines is 1. The number of H-pyrrole nitrogens is 1. The largest absolute Gasteiger partial charge is 0.361 e. The summed E-state index contributed by atoms with van der Waals surface area (Å²) in [5.41, 5.74) is 3.97. The topological polar surface area (TPSA) is 43.1 Å². The number of piperidine rings is 1. The van der Waals surface area contributed by atoms with Crippen molar-refractivity contribution in [3.8, 4) is 0 Å². The van der Waals surface area contributed by atoms with Crippen LogP contribution in [0.1, 0.15) is 50.0 Å². The van der Waals surface area contributed by atoms with Crippen LogP contribution in [0.3, 0.4) is 0 Å². The number of fused-ring (bicyclic) bond motifs is 2. The molecule has 2 fully saturated rings. The van der Waals surface area contributed by atoms with Gasteiger partial charge in [0.1, 0.15) is 5.82 Å². The average Bonchev–Trinajstić information content (AvgIpc) is 3.04. The number of thiocarbonyl (C=S) groups is 1. The molecular weight excluding hydrogens is 443 g/mol. The molecule has 2 atom stereocenters. The smallest absolute Gasteiger partial charge is 0.175 e. The highest BCUT2D eigenvalue weighted by molar-refractivity contribution is 7.80. The van der Waals surface area contributed by atoms with Crippen molar-refractivity contribution in [1.29, 1.82) is 0 Å². The molecule has 0 amide bonds. The normalized spacial score (nSPS) is 21.7. The van der Waals surface area contributed by atoms with Crippen molar-refractivity contribution in [2.45, 2.75) is 50.5 Å². The van der Waals surface area contributed by atoms with E-state index in [4.69, 9.17) is 23.8 Å². The molecule has 3 N–H and O–H groups in total. The molecule has 0 aliphatic carbocycles. The van der Waals surface area contributed by atoms with Gasteiger partial charge >= 0.3 is 0 Å². The van der Waals surface area contributed by atoms with Crippen LogP contribution < -0.4 is 10.6 Å². The summed E-state index contributed by atoms with van der Waals surface area (Å²) in [7, 11) is 0. The fourth-order valence-electron chi connectivity index (χ4n) is 5.33. The Balaban J connectivity index is 1.31. The highest BCUT2D eigenvalue weighted by atomic mass is 35.5. The molecule has 7 heteroatoms. The molecule has 2 aliphatic rings. The number of halogens is 2. The van der Waals surface area contributed by atoms with Gasteiger partial charge in [0.15, 0.2) is 5.11 Å². The first-order valence-electron chi connectivity index (χ1n) is 11.4. The summed E-state index contributed by atoms with van der Waals surface area (Å²) in [6.07, 6.45) is 10.0. The van der Waals surface area contributed by atoms with Crippen LogP contribution in [0.15, 0.2) is 42.6 Å². The third-order valence-corrected chi connectivity index (χ3v) is 7.32. The maximum absolute atomic E-state index is 13.6. The quantitative estimate of drug-likeness (QED) is 0.364. The molecule has 2 saturated heterocycles. The van der Waals surface area contributed by atoms with Gasteiger partial charge in [-0.25, -0.2) is 4.39 Å². The highest BCUT2D eigenvalue weighted by Gasteiger charge is 2.28. The maximum Gasteiger partial charge on any atom is 0.175 e. The summed E-state index contributed by atoms with van der Waals surface area (Å²) in [4.78, 5) is 6.17. The van der Waals surface area contributed by atoms with Gasteiger partial charge in [-0.05, 0) is 105 Å². The molecule has 3 aromatic rings. The maximum atomic E-state index is 13.6. The first-order chi connectivity index (χ1) is 15.5. The lowest BCUT2D eigenvalue weighted by Gasteiger charge is -2.33. The van der Waals surface area contributed by atoms with Crippen LogP contribution in [-0.2, 0) is 0 Å². The lowest BCUT2D eigenvalue weighted by molar-refractivity contribution is 0.151. The Morgan fingerprint density at radius 1 is 1.00 bits per heavy atom. The molecule has 32 heavy (non-hydrogen) atoms. The molecule has 0 radical (unpaired) electrons. The van der Waals surface area contributed by atoms with Crippen molar-refractivity contribution in [3.05, 3.63) is 59.0 Å². The fraction of sp³-hybridized carbons (Fsp3) is 0.400. The van der Waals surface area contributed by atoms with Gasteiger partial charge in [-0.15, -0.1) is 0 Å². The lowest BCUT2D eigenvalue weighted by atomic mass is 9.90. The van der Waals surface area contributed by atoms with Gasteiger partial charge in [0.25, 0.3) is 0 Å². The van der Waals surface area contributed by atoms with Crippen molar-refractivity contribution in [2.24, 2.45) is 0 Å². The first-order valence-corrected chi connectivity index (χ1v) is 12.2.